The van der Waals surface area contributed by atoms with Crippen LogP contribution in [0.5, 0.6) is 0 Å². The molecule has 1 atom stereocenters. The molecule has 1 aliphatic rings. The van der Waals surface area contributed by atoms with Crippen molar-refractivity contribution in [1.82, 2.24) is 20.4 Å². The zero-order valence-electron chi connectivity index (χ0n) is 13.9. The molecule has 8 nitrogen and oxygen atoms in total. The van der Waals surface area contributed by atoms with Crippen LogP contribution in [-0.2, 0) is 22.9 Å². The molecule has 25 heavy (non-hydrogen) atoms. The van der Waals surface area contributed by atoms with Crippen molar-refractivity contribution in [2.75, 3.05) is 11.5 Å². The molecular formula is C16H20N4O4S. The van der Waals surface area contributed by atoms with Gasteiger partial charge in [0.15, 0.2) is 15.7 Å². The summed E-state index contributed by atoms with van der Waals surface area (Å²) in [5, 5.41) is 6.48. The van der Waals surface area contributed by atoms with Gasteiger partial charge in [0.05, 0.1) is 18.1 Å². The van der Waals surface area contributed by atoms with Gasteiger partial charge in [0.25, 0.3) is 0 Å². The molecule has 9 heteroatoms. The van der Waals surface area contributed by atoms with E-state index in [9.17, 15) is 13.2 Å². The van der Waals surface area contributed by atoms with Crippen LogP contribution in [0.3, 0.4) is 0 Å². The van der Waals surface area contributed by atoms with Gasteiger partial charge >= 0.3 is 6.03 Å². The van der Waals surface area contributed by atoms with E-state index in [4.69, 9.17) is 4.52 Å². The standard InChI is InChI=1S/C16H20N4O4S/c1-12-18-15(19-24-12)9-17-16(21)20(10-13-5-3-2-4-6-13)14-7-8-25(22,23)11-14/h2-6,14H,7-11H2,1H3,(H,17,21). The lowest BCUT2D eigenvalue weighted by Gasteiger charge is -2.28. The normalized spacial score (nSPS) is 18.8. The van der Waals surface area contributed by atoms with Crippen LogP contribution in [0.15, 0.2) is 34.9 Å². The SMILES string of the molecule is Cc1nc(CNC(=O)N(Cc2ccccc2)C2CCS(=O)(=O)C2)no1. The van der Waals surface area contributed by atoms with Crippen LogP contribution < -0.4 is 5.32 Å². The first-order valence-electron chi connectivity index (χ1n) is 8.01. The molecule has 3 rings (SSSR count). The van der Waals surface area contributed by atoms with Gasteiger partial charge in [-0.1, -0.05) is 35.5 Å². The molecule has 0 radical (unpaired) electrons. The minimum absolute atomic E-state index is 0.00538. The number of hydrogen-bond acceptors (Lipinski definition) is 6. The van der Waals surface area contributed by atoms with E-state index < -0.39 is 9.84 Å². The highest BCUT2D eigenvalue weighted by Gasteiger charge is 2.34. The molecule has 0 bridgehead atoms. The minimum atomic E-state index is -3.09. The Morgan fingerprint density at radius 3 is 2.72 bits per heavy atom. The Morgan fingerprint density at radius 1 is 1.36 bits per heavy atom. The fourth-order valence-electron chi connectivity index (χ4n) is 2.84. The Kier molecular flexibility index (Phi) is 5.03. The van der Waals surface area contributed by atoms with E-state index in [1.807, 2.05) is 30.3 Å². The molecule has 1 aromatic carbocycles. The molecule has 1 unspecified atom stereocenters. The maximum atomic E-state index is 12.7. The summed E-state index contributed by atoms with van der Waals surface area (Å²) in [5.41, 5.74) is 0.942. The Bertz CT molecular complexity index is 835. The molecule has 0 saturated carbocycles. The van der Waals surface area contributed by atoms with Crippen LogP contribution in [0.2, 0.25) is 0 Å². The third-order valence-corrected chi connectivity index (χ3v) is 5.82. The van der Waals surface area contributed by atoms with Crippen LogP contribution >= 0.6 is 0 Å². The smallest absolute Gasteiger partial charge is 0.318 e. The fourth-order valence-corrected chi connectivity index (χ4v) is 4.57. The predicted molar refractivity (Wildman–Crippen MR) is 90.3 cm³/mol. The Morgan fingerprint density at radius 2 is 2.12 bits per heavy atom. The van der Waals surface area contributed by atoms with E-state index in [1.165, 1.54) is 0 Å². The zero-order chi connectivity index (χ0) is 17.9. The van der Waals surface area contributed by atoms with Crippen LogP contribution in [0.25, 0.3) is 0 Å². The van der Waals surface area contributed by atoms with Gasteiger partial charge in [-0.2, -0.15) is 4.98 Å². The number of aryl methyl sites for hydroxylation is 1. The van der Waals surface area contributed by atoms with Crippen molar-refractivity contribution < 1.29 is 17.7 Å². The third-order valence-electron chi connectivity index (χ3n) is 4.07. The molecule has 2 heterocycles. The number of hydrogen-bond donors (Lipinski definition) is 1. The predicted octanol–water partition coefficient (Wildman–Crippen LogP) is 1.28. The molecule has 0 aliphatic carbocycles. The molecule has 1 fully saturated rings. The minimum Gasteiger partial charge on any atom is -0.340 e. The first-order valence-corrected chi connectivity index (χ1v) is 9.83. The highest BCUT2D eigenvalue weighted by Crippen LogP contribution is 2.20. The number of carbonyl (C=O) groups is 1. The summed E-state index contributed by atoms with van der Waals surface area (Å²) in [5.74, 6) is 0.909. The Hall–Kier alpha value is -2.42. The van der Waals surface area contributed by atoms with Crippen molar-refractivity contribution >= 4 is 15.9 Å². The van der Waals surface area contributed by atoms with Crippen LogP contribution in [0, 0.1) is 6.92 Å². The lowest BCUT2D eigenvalue weighted by atomic mass is 10.1. The maximum Gasteiger partial charge on any atom is 0.318 e. The average Bonchev–Trinajstić information content (AvgIpc) is 3.16. The number of aromatic nitrogens is 2. The van der Waals surface area contributed by atoms with Crippen molar-refractivity contribution in [1.29, 1.82) is 0 Å². The number of nitrogens with zero attached hydrogens (tertiary/aromatic N) is 3. The Labute approximate surface area is 146 Å². The summed E-state index contributed by atoms with van der Waals surface area (Å²) in [6.45, 7) is 2.14. The summed E-state index contributed by atoms with van der Waals surface area (Å²) in [6, 6.07) is 8.81. The average molecular weight is 364 g/mol. The van der Waals surface area contributed by atoms with Gasteiger partial charge in [0.1, 0.15) is 0 Å². The van der Waals surface area contributed by atoms with Gasteiger partial charge in [-0.3, -0.25) is 0 Å². The Balaban J connectivity index is 1.71. The molecular weight excluding hydrogens is 344 g/mol. The van der Waals surface area contributed by atoms with Gasteiger partial charge in [-0.15, -0.1) is 0 Å². The van der Waals surface area contributed by atoms with Crippen LogP contribution in [0.1, 0.15) is 23.7 Å². The van der Waals surface area contributed by atoms with Gasteiger partial charge < -0.3 is 14.7 Å². The second kappa shape index (κ2) is 7.22. The summed E-state index contributed by atoms with van der Waals surface area (Å²) in [7, 11) is -3.09. The maximum absolute atomic E-state index is 12.7. The molecule has 1 aromatic heterocycles. The van der Waals surface area contributed by atoms with Gasteiger partial charge in [0, 0.05) is 19.5 Å². The molecule has 1 saturated heterocycles. The van der Waals surface area contributed by atoms with Gasteiger partial charge in [0.2, 0.25) is 5.89 Å². The van der Waals surface area contributed by atoms with E-state index >= 15 is 0 Å². The summed E-state index contributed by atoms with van der Waals surface area (Å²) < 4.78 is 28.5. The number of urea groups is 1. The van der Waals surface area contributed by atoms with Crippen molar-refractivity contribution in [2.45, 2.75) is 32.5 Å². The first-order chi connectivity index (χ1) is 11.9. The van der Waals surface area contributed by atoms with E-state index in [1.54, 1.807) is 11.8 Å². The largest absolute Gasteiger partial charge is 0.340 e. The van der Waals surface area contributed by atoms with E-state index in [-0.39, 0.29) is 30.1 Å². The lowest BCUT2D eigenvalue weighted by Crippen LogP contribution is -2.46. The van der Waals surface area contributed by atoms with Crippen molar-refractivity contribution in [3.63, 3.8) is 0 Å². The number of benzene rings is 1. The summed E-state index contributed by atoms with van der Waals surface area (Å²) in [4.78, 5) is 18.3. The number of carbonyl (C=O) groups excluding carboxylic acids is 1. The van der Waals surface area contributed by atoms with Crippen molar-refractivity contribution in [3.8, 4) is 0 Å². The van der Waals surface area contributed by atoms with E-state index in [0.29, 0.717) is 24.7 Å². The van der Waals surface area contributed by atoms with E-state index in [2.05, 4.69) is 15.5 Å². The topological polar surface area (TPSA) is 105 Å². The van der Waals surface area contributed by atoms with Crippen LogP contribution in [-0.4, -0.2) is 47.0 Å². The molecule has 134 valence electrons. The first kappa shape index (κ1) is 17.4. The molecule has 1 N–H and O–H groups in total. The number of rotatable bonds is 5. The quantitative estimate of drug-likeness (QED) is 0.857. The van der Waals surface area contributed by atoms with Crippen molar-refractivity contribution in [2.24, 2.45) is 0 Å². The lowest BCUT2D eigenvalue weighted by molar-refractivity contribution is 0.175. The number of nitrogens with one attached hydrogen (secondary N) is 1. The summed E-state index contributed by atoms with van der Waals surface area (Å²) in [6.07, 6.45) is 0.448. The number of sulfone groups is 1. The van der Waals surface area contributed by atoms with Crippen molar-refractivity contribution in [3.05, 3.63) is 47.6 Å². The van der Waals surface area contributed by atoms with Gasteiger partial charge in [-0.25, -0.2) is 13.2 Å². The summed E-state index contributed by atoms with van der Waals surface area (Å²) >= 11 is 0. The van der Waals surface area contributed by atoms with E-state index in [0.717, 1.165) is 5.56 Å². The van der Waals surface area contributed by atoms with Gasteiger partial charge in [-0.05, 0) is 12.0 Å². The second-order valence-corrected chi connectivity index (χ2v) is 8.29. The molecule has 2 aromatic rings. The third kappa shape index (κ3) is 4.56. The molecule has 0 spiro atoms. The fraction of sp³-hybridized carbons (Fsp3) is 0.438. The molecule has 1 aliphatic heterocycles. The highest BCUT2D eigenvalue weighted by atomic mass is 32.2. The highest BCUT2D eigenvalue weighted by molar-refractivity contribution is 7.91. The van der Waals surface area contributed by atoms with Crippen LogP contribution in [0.4, 0.5) is 4.79 Å². The monoisotopic (exact) mass is 364 g/mol. The molecule has 2 amide bonds. The zero-order valence-corrected chi connectivity index (χ0v) is 14.7. The number of amides is 2. The second-order valence-electron chi connectivity index (χ2n) is 6.06.